The van der Waals surface area contributed by atoms with Crippen molar-refractivity contribution in [1.29, 1.82) is 0 Å². The Morgan fingerprint density at radius 3 is 1.93 bits per heavy atom. The number of rotatable bonds is 15. The third-order valence-electron chi connectivity index (χ3n) is 4.48. The van der Waals surface area contributed by atoms with Gasteiger partial charge in [-0.1, -0.05) is 60.7 Å². The summed E-state index contributed by atoms with van der Waals surface area (Å²) in [5.41, 5.74) is 2.05. The van der Waals surface area contributed by atoms with Gasteiger partial charge in [0.1, 0.15) is 6.10 Å². The number of hydrogen-bond acceptors (Lipinski definition) is 6. The Balaban J connectivity index is 1.94. The largest absolute Gasteiger partial charge is 0.390 e. The van der Waals surface area contributed by atoms with Crippen molar-refractivity contribution in [2.45, 2.75) is 45.7 Å². The lowest BCUT2D eigenvalue weighted by Crippen LogP contribution is -2.34. The smallest absolute Gasteiger partial charge is 0.330 e. The molecule has 0 amide bonds. The first kappa shape index (κ1) is 24.7. The summed E-state index contributed by atoms with van der Waals surface area (Å²) in [5.74, 6) is 0. The molecule has 2 aromatic rings. The van der Waals surface area contributed by atoms with Gasteiger partial charge in [0.15, 0.2) is 0 Å². The third-order valence-corrected chi connectivity index (χ3v) is 6.59. The molecule has 1 N–H and O–H groups in total. The van der Waals surface area contributed by atoms with E-state index in [1.54, 1.807) is 13.8 Å². The molecule has 0 aliphatic heterocycles. The van der Waals surface area contributed by atoms with Crippen molar-refractivity contribution in [3.8, 4) is 0 Å². The molecule has 2 aromatic carbocycles. The van der Waals surface area contributed by atoms with Crippen molar-refractivity contribution in [3.05, 3.63) is 71.8 Å². The van der Waals surface area contributed by atoms with Gasteiger partial charge >= 0.3 is 7.60 Å². The van der Waals surface area contributed by atoms with Crippen molar-refractivity contribution in [3.63, 3.8) is 0 Å². The standard InChI is InChI=1S/C23H33O6P/c1-3-28-30(25,29-4-2)16-15-22(24)23(27-18-21-13-9-6-10-14-21)19-26-17-20-11-7-5-8-12-20/h5-14,22-24H,3-4,15-19H2,1-2H3/t22?,23-/m0/s1. The summed E-state index contributed by atoms with van der Waals surface area (Å²) in [6.45, 7) is 5.12. The Kier molecular flexibility index (Phi) is 11.3. The van der Waals surface area contributed by atoms with E-state index in [2.05, 4.69) is 0 Å². The van der Waals surface area contributed by atoms with Gasteiger partial charge in [-0.05, 0) is 31.4 Å². The molecule has 30 heavy (non-hydrogen) atoms. The molecule has 6 nitrogen and oxygen atoms in total. The molecule has 0 heterocycles. The highest BCUT2D eigenvalue weighted by Gasteiger charge is 2.28. The molecule has 0 spiro atoms. The number of ether oxygens (including phenoxy) is 2. The van der Waals surface area contributed by atoms with Crippen LogP contribution in [0.25, 0.3) is 0 Å². The summed E-state index contributed by atoms with van der Waals surface area (Å²) in [6.07, 6.45) is -1.07. The average Bonchev–Trinajstić information content (AvgIpc) is 2.76. The molecule has 0 bridgehead atoms. The van der Waals surface area contributed by atoms with Gasteiger partial charge in [-0.3, -0.25) is 4.57 Å². The van der Waals surface area contributed by atoms with E-state index in [0.29, 0.717) is 26.4 Å². The maximum Gasteiger partial charge on any atom is 0.330 e. The summed E-state index contributed by atoms with van der Waals surface area (Å²) in [7, 11) is -3.22. The van der Waals surface area contributed by atoms with E-state index in [0.717, 1.165) is 11.1 Å². The van der Waals surface area contributed by atoms with Crippen molar-refractivity contribution in [2.24, 2.45) is 0 Å². The van der Waals surface area contributed by atoms with Gasteiger partial charge in [-0.15, -0.1) is 0 Å². The van der Waals surface area contributed by atoms with E-state index in [9.17, 15) is 9.67 Å². The van der Waals surface area contributed by atoms with Crippen molar-refractivity contribution in [1.82, 2.24) is 0 Å². The van der Waals surface area contributed by atoms with Crippen LogP contribution in [0.5, 0.6) is 0 Å². The van der Waals surface area contributed by atoms with Crippen LogP contribution in [0.1, 0.15) is 31.4 Å². The predicted molar refractivity (Wildman–Crippen MR) is 117 cm³/mol. The lowest BCUT2D eigenvalue weighted by molar-refractivity contribution is -0.0898. The van der Waals surface area contributed by atoms with Crippen LogP contribution in [-0.4, -0.2) is 43.3 Å². The van der Waals surface area contributed by atoms with Gasteiger partial charge in [0.2, 0.25) is 0 Å². The first-order valence-corrected chi connectivity index (χ1v) is 12.1. The highest BCUT2D eigenvalue weighted by Crippen LogP contribution is 2.48. The Bertz CT molecular complexity index is 730. The van der Waals surface area contributed by atoms with Crippen molar-refractivity contribution in [2.75, 3.05) is 26.0 Å². The van der Waals surface area contributed by atoms with Crippen LogP contribution in [0.2, 0.25) is 0 Å². The summed E-state index contributed by atoms with van der Waals surface area (Å²) in [4.78, 5) is 0. The maximum atomic E-state index is 12.7. The summed E-state index contributed by atoms with van der Waals surface area (Å²) in [5, 5.41) is 10.7. The van der Waals surface area contributed by atoms with Crippen LogP contribution in [0.15, 0.2) is 60.7 Å². The second kappa shape index (κ2) is 13.7. The third kappa shape index (κ3) is 9.09. The molecule has 0 saturated carbocycles. The molecular weight excluding hydrogens is 403 g/mol. The number of aliphatic hydroxyl groups is 1. The van der Waals surface area contributed by atoms with Crippen LogP contribution >= 0.6 is 7.60 Å². The summed E-state index contributed by atoms with van der Waals surface area (Å²) >= 11 is 0. The predicted octanol–water partition coefficient (Wildman–Crippen LogP) is 4.81. The minimum atomic E-state index is -3.22. The molecule has 2 rings (SSSR count). The van der Waals surface area contributed by atoms with Crippen LogP contribution < -0.4 is 0 Å². The zero-order chi connectivity index (χ0) is 21.7. The fourth-order valence-electron chi connectivity index (χ4n) is 2.95. The van der Waals surface area contributed by atoms with Crippen LogP contribution in [0, 0.1) is 0 Å². The summed E-state index contributed by atoms with van der Waals surface area (Å²) in [6, 6.07) is 19.6. The van der Waals surface area contributed by atoms with Gasteiger partial charge < -0.3 is 23.6 Å². The lowest BCUT2D eigenvalue weighted by atomic mass is 10.1. The quantitative estimate of drug-likeness (QED) is 0.404. The molecule has 2 atom stereocenters. The Morgan fingerprint density at radius 1 is 0.867 bits per heavy atom. The second-order valence-electron chi connectivity index (χ2n) is 6.86. The molecule has 0 radical (unpaired) electrons. The number of aliphatic hydroxyl groups excluding tert-OH is 1. The number of benzene rings is 2. The molecule has 0 fully saturated rings. The van der Waals surface area contributed by atoms with Crippen molar-refractivity contribution >= 4 is 7.60 Å². The summed E-state index contributed by atoms with van der Waals surface area (Å²) < 4.78 is 35.1. The number of hydrogen-bond donors (Lipinski definition) is 1. The van der Waals surface area contributed by atoms with Crippen LogP contribution in [0.3, 0.4) is 0 Å². The Labute approximate surface area is 179 Å². The second-order valence-corrected chi connectivity index (χ2v) is 9.05. The fraction of sp³-hybridized carbons (Fsp3) is 0.478. The zero-order valence-corrected chi connectivity index (χ0v) is 18.7. The van der Waals surface area contributed by atoms with E-state index in [1.165, 1.54) is 0 Å². The van der Waals surface area contributed by atoms with E-state index in [-0.39, 0.29) is 19.2 Å². The van der Waals surface area contributed by atoms with Gasteiger partial charge in [0.25, 0.3) is 0 Å². The van der Waals surface area contributed by atoms with E-state index >= 15 is 0 Å². The molecule has 0 aliphatic carbocycles. The molecular formula is C23H33O6P. The van der Waals surface area contributed by atoms with E-state index < -0.39 is 19.8 Å². The molecule has 0 aliphatic rings. The molecule has 0 aromatic heterocycles. The fourth-order valence-corrected chi connectivity index (χ4v) is 4.65. The van der Waals surface area contributed by atoms with Gasteiger partial charge in [0, 0.05) is 0 Å². The lowest BCUT2D eigenvalue weighted by Gasteiger charge is -2.25. The molecule has 166 valence electrons. The highest BCUT2D eigenvalue weighted by atomic mass is 31.2. The van der Waals surface area contributed by atoms with Gasteiger partial charge in [-0.25, -0.2) is 0 Å². The van der Waals surface area contributed by atoms with E-state index in [1.807, 2.05) is 60.7 Å². The SMILES string of the molecule is CCOP(=O)(CCC(O)[C@H](COCc1ccccc1)OCc1ccccc1)OCC. The molecule has 7 heteroatoms. The van der Waals surface area contributed by atoms with Crippen LogP contribution in [0.4, 0.5) is 0 Å². The monoisotopic (exact) mass is 436 g/mol. The minimum absolute atomic E-state index is 0.125. The van der Waals surface area contributed by atoms with E-state index in [4.69, 9.17) is 18.5 Å². The van der Waals surface area contributed by atoms with Crippen LogP contribution in [-0.2, 0) is 36.3 Å². The highest BCUT2D eigenvalue weighted by molar-refractivity contribution is 7.53. The van der Waals surface area contributed by atoms with Crippen molar-refractivity contribution < 1.29 is 28.2 Å². The first-order chi connectivity index (χ1) is 14.6. The normalized spacial score (nSPS) is 13.8. The van der Waals surface area contributed by atoms with Gasteiger partial charge in [-0.2, -0.15) is 0 Å². The molecule has 1 unspecified atom stereocenters. The topological polar surface area (TPSA) is 74.2 Å². The maximum absolute atomic E-state index is 12.7. The Hall–Kier alpha value is -1.53. The van der Waals surface area contributed by atoms with Gasteiger partial charge in [0.05, 0.1) is 45.3 Å². The first-order valence-electron chi connectivity index (χ1n) is 10.4. The Morgan fingerprint density at radius 2 is 1.40 bits per heavy atom. The molecule has 0 saturated heterocycles. The average molecular weight is 436 g/mol. The minimum Gasteiger partial charge on any atom is -0.390 e. The zero-order valence-electron chi connectivity index (χ0n) is 17.8.